The highest BCUT2D eigenvalue weighted by atomic mass is 19.1. The summed E-state index contributed by atoms with van der Waals surface area (Å²) in [5.74, 6) is -1.54. The van der Waals surface area contributed by atoms with Crippen LogP contribution >= 0.6 is 0 Å². The van der Waals surface area contributed by atoms with Gasteiger partial charge in [-0.05, 0) is 29.3 Å². The summed E-state index contributed by atoms with van der Waals surface area (Å²) >= 11 is 0. The molecule has 1 aromatic carbocycles. The summed E-state index contributed by atoms with van der Waals surface area (Å²) in [5, 5.41) is 17.2. The molecule has 0 aromatic heterocycles. The van der Waals surface area contributed by atoms with Gasteiger partial charge in [-0.3, -0.25) is 0 Å². The molecule has 0 bridgehead atoms. The number of aliphatic carboxylic acids is 1. The molecule has 2 N–H and O–H groups in total. The number of carboxylic acids is 1. The maximum absolute atomic E-state index is 12.7. The van der Waals surface area contributed by atoms with Gasteiger partial charge in [0.25, 0.3) is 0 Å². The highest BCUT2D eigenvalue weighted by molar-refractivity contribution is 5.85. The molecule has 0 atom stereocenters. The number of hydrogen-bond donors (Lipinski definition) is 2. The first-order valence-corrected chi connectivity index (χ1v) is 3.94. The zero-order valence-corrected chi connectivity index (χ0v) is 7.27. The second-order valence-electron chi connectivity index (χ2n) is 2.67. The van der Waals surface area contributed by atoms with Crippen LogP contribution < -0.4 is 0 Å². The Hall–Kier alpha value is -1.68. The summed E-state index contributed by atoms with van der Waals surface area (Å²) in [4.78, 5) is 10.2. The van der Waals surface area contributed by atoms with Crippen molar-refractivity contribution in [2.24, 2.45) is 0 Å². The van der Waals surface area contributed by atoms with Gasteiger partial charge in [0.05, 0.1) is 6.61 Å². The third-order valence-electron chi connectivity index (χ3n) is 1.68. The largest absolute Gasteiger partial charge is 0.478 e. The van der Waals surface area contributed by atoms with Gasteiger partial charge in [0.2, 0.25) is 0 Å². The van der Waals surface area contributed by atoms with Gasteiger partial charge in [-0.1, -0.05) is 6.07 Å². The average molecular weight is 196 g/mol. The fourth-order valence-electron chi connectivity index (χ4n) is 1.03. The zero-order valence-electron chi connectivity index (χ0n) is 7.27. The molecule has 74 valence electrons. The topological polar surface area (TPSA) is 57.5 Å². The molecule has 0 aliphatic rings. The Morgan fingerprint density at radius 1 is 1.50 bits per heavy atom. The lowest BCUT2D eigenvalue weighted by atomic mass is 10.1. The minimum absolute atomic E-state index is 0.322. The normalized spacial score (nSPS) is 10.7. The lowest BCUT2D eigenvalue weighted by Crippen LogP contribution is -1.91. The van der Waals surface area contributed by atoms with E-state index in [2.05, 4.69) is 0 Å². The van der Waals surface area contributed by atoms with Gasteiger partial charge >= 0.3 is 5.97 Å². The van der Waals surface area contributed by atoms with E-state index in [0.29, 0.717) is 11.1 Å². The molecule has 0 heterocycles. The summed E-state index contributed by atoms with van der Waals surface area (Å²) in [6.07, 6.45) is 2.25. The Morgan fingerprint density at radius 2 is 2.21 bits per heavy atom. The molecular formula is C10H9FO3. The predicted octanol–water partition coefficient (Wildman–Crippen LogP) is 1.42. The highest BCUT2D eigenvalue weighted by Crippen LogP contribution is 2.12. The van der Waals surface area contributed by atoms with Crippen molar-refractivity contribution >= 4 is 12.0 Å². The van der Waals surface area contributed by atoms with E-state index in [-0.39, 0.29) is 6.61 Å². The van der Waals surface area contributed by atoms with Gasteiger partial charge in [0.15, 0.2) is 0 Å². The average Bonchev–Trinajstić information content (AvgIpc) is 2.15. The number of hydrogen-bond acceptors (Lipinski definition) is 2. The molecule has 0 saturated carbocycles. The molecule has 14 heavy (non-hydrogen) atoms. The van der Waals surface area contributed by atoms with E-state index in [9.17, 15) is 9.18 Å². The molecule has 0 saturated heterocycles. The van der Waals surface area contributed by atoms with Crippen molar-refractivity contribution in [1.82, 2.24) is 0 Å². The smallest absolute Gasteiger partial charge is 0.328 e. The first-order chi connectivity index (χ1) is 6.63. The molecule has 0 aliphatic carbocycles. The lowest BCUT2D eigenvalue weighted by molar-refractivity contribution is -0.131. The van der Waals surface area contributed by atoms with Gasteiger partial charge in [0.1, 0.15) is 5.82 Å². The van der Waals surface area contributed by atoms with Crippen LogP contribution in [0.4, 0.5) is 4.39 Å². The van der Waals surface area contributed by atoms with Crippen LogP contribution in [0.25, 0.3) is 6.08 Å². The fraction of sp³-hybridized carbons (Fsp3) is 0.100. The number of halogens is 1. The third-order valence-corrected chi connectivity index (χ3v) is 1.68. The van der Waals surface area contributed by atoms with Gasteiger partial charge in [-0.2, -0.15) is 0 Å². The van der Waals surface area contributed by atoms with Gasteiger partial charge in [-0.15, -0.1) is 0 Å². The van der Waals surface area contributed by atoms with Crippen molar-refractivity contribution < 1.29 is 19.4 Å². The van der Waals surface area contributed by atoms with Crippen molar-refractivity contribution in [3.05, 3.63) is 41.2 Å². The standard InChI is InChI=1S/C10H9FO3/c11-9-3-1-7(2-4-10(13)14)8(5-9)6-12/h1-5,12H,6H2,(H,13,14). The fourth-order valence-corrected chi connectivity index (χ4v) is 1.03. The molecule has 0 amide bonds. The minimum Gasteiger partial charge on any atom is -0.478 e. The second-order valence-corrected chi connectivity index (χ2v) is 2.67. The summed E-state index contributed by atoms with van der Waals surface area (Å²) in [5.41, 5.74) is 0.860. The van der Waals surface area contributed by atoms with Crippen LogP contribution in [0.15, 0.2) is 24.3 Å². The van der Waals surface area contributed by atoms with E-state index in [1.54, 1.807) is 0 Å². The molecule has 0 spiro atoms. The molecule has 1 rings (SSSR count). The van der Waals surface area contributed by atoms with E-state index in [1.165, 1.54) is 24.3 Å². The number of aliphatic hydroxyl groups is 1. The summed E-state index contributed by atoms with van der Waals surface area (Å²) in [6.45, 7) is -0.322. The van der Waals surface area contributed by atoms with Crippen molar-refractivity contribution in [2.75, 3.05) is 0 Å². The number of carboxylic acid groups (broad SMARTS) is 1. The van der Waals surface area contributed by atoms with E-state index >= 15 is 0 Å². The summed E-state index contributed by atoms with van der Waals surface area (Å²) in [7, 11) is 0. The molecule has 1 aromatic rings. The van der Waals surface area contributed by atoms with E-state index in [0.717, 1.165) is 6.08 Å². The van der Waals surface area contributed by atoms with Gasteiger partial charge < -0.3 is 10.2 Å². The van der Waals surface area contributed by atoms with Crippen molar-refractivity contribution in [3.63, 3.8) is 0 Å². The van der Waals surface area contributed by atoms with E-state index in [4.69, 9.17) is 10.2 Å². The number of aliphatic hydroxyl groups excluding tert-OH is 1. The maximum Gasteiger partial charge on any atom is 0.328 e. The highest BCUT2D eigenvalue weighted by Gasteiger charge is 2.00. The zero-order chi connectivity index (χ0) is 10.6. The number of rotatable bonds is 3. The first kappa shape index (κ1) is 10.4. The molecule has 0 unspecified atom stereocenters. The van der Waals surface area contributed by atoms with Gasteiger partial charge in [-0.25, -0.2) is 9.18 Å². The SMILES string of the molecule is O=C(O)C=Cc1ccc(F)cc1CO. The second kappa shape index (κ2) is 4.53. The third kappa shape index (κ3) is 2.67. The monoisotopic (exact) mass is 196 g/mol. The van der Waals surface area contributed by atoms with Crippen LogP contribution in [0, 0.1) is 5.82 Å². The molecule has 0 radical (unpaired) electrons. The van der Waals surface area contributed by atoms with Crippen molar-refractivity contribution in [2.45, 2.75) is 6.61 Å². The quantitative estimate of drug-likeness (QED) is 0.719. The van der Waals surface area contributed by atoms with Crippen molar-refractivity contribution in [1.29, 1.82) is 0 Å². The van der Waals surface area contributed by atoms with Crippen LogP contribution in [0.3, 0.4) is 0 Å². The Kier molecular flexibility index (Phi) is 3.36. The Labute approximate surface area is 80.1 Å². The predicted molar refractivity (Wildman–Crippen MR) is 49.0 cm³/mol. The Balaban J connectivity index is 3.02. The number of carbonyl (C=O) groups is 1. The first-order valence-electron chi connectivity index (χ1n) is 3.94. The minimum atomic E-state index is -1.08. The van der Waals surface area contributed by atoms with E-state index in [1.807, 2.05) is 0 Å². The van der Waals surface area contributed by atoms with Crippen LogP contribution in [0.2, 0.25) is 0 Å². The molecular weight excluding hydrogens is 187 g/mol. The number of benzene rings is 1. The molecule has 3 nitrogen and oxygen atoms in total. The van der Waals surface area contributed by atoms with Gasteiger partial charge in [0, 0.05) is 6.08 Å². The van der Waals surface area contributed by atoms with Crippen LogP contribution in [-0.2, 0) is 11.4 Å². The van der Waals surface area contributed by atoms with Crippen LogP contribution in [-0.4, -0.2) is 16.2 Å². The van der Waals surface area contributed by atoms with Crippen LogP contribution in [0.1, 0.15) is 11.1 Å². The lowest BCUT2D eigenvalue weighted by Gasteiger charge is -2.01. The Morgan fingerprint density at radius 3 is 2.79 bits per heavy atom. The van der Waals surface area contributed by atoms with Crippen molar-refractivity contribution in [3.8, 4) is 0 Å². The Bertz CT molecular complexity index is 372. The summed E-state index contributed by atoms with van der Waals surface area (Å²) < 4.78 is 12.7. The maximum atomic E-state index is 12.7. The molecule has 0 aliphatic heterocycles. The molecule has 4 heteroatoms. The summed E-state index contributed by atoms with van der Waals surface area (Å²) in [6, 6.07) is 3.79. The van der Waals surface area contributed by atoms with E-state index < -0.39 is 11.8 Å². The molecule has 0 fully saturated rings. The van der Waals surface area contributed by atoms with Crippen LogP contribution in [0.5, 0.6) is 0 Å².